The highest BCUT2D eigenvalue weighted by Crippen LogP contribution is 2.35. The number of phenols is 1. The second-order valence-electron chi connectivity index (χ2n) is 9.11. The number of benzene rings is 1. The quantitative estimate of drug-likeness (QED) is 0.336. The van der Waals surface area contributed by atoms with Gasteiger partial charge in [-0.15, -0.1) is 24.8 Å². The molecule has 1 saturated carbocycles. The van der Waals surface area contributed by atoms with E-state index in [4.69, 9.17) is 11.6 Å². The van der Waals surface area contributed by atoms with Gasteiger partial charge in [0.25, 0.3) is 0 Å². The fourth-order valence-corrected chi connectivity index (χ4v) is 4.80. The number of aromatic hydroxyl groups is 1. The van der Waals surface area contributed by atoms with Crippen LogP contribution in [0.3, 0.4) is 0 Å². The van der Waals surface area contributed by atoms with Crippen LogP contribution in [0.5, 0.6) is 5.75 Å². The number of aliphatic hydroxyl groups excluding tert-OH is 1. The van der Waals surface area contributed by atoms with Gasteiger partial charge in [0.15, 0.2) is 17.3 Å². The van der Waals surface area contributed by atoms with Gasteiger partial charge in [0, 0.05) is 24.3 Å². The van der Waals surface area contributed by atoms with Crippen LogP contribution >= 0.6 is 36.4 Å². The third-order valence-corrected chi connectivity index (χ3v) is 6.58. The van der Waals surface area contributed by atoms with E-state index in [1.807, 2.05) is 0 Å². The van der Waals surface area contributed by atoms with Gasteiger partial charge < -0.3 is 20.4 Å². The second-order valence-corrected chi connectivity index (χ2v) is 9.51. The maximum Gasteiger partial charge on any atom is 0.191 e. The van der Waals surface area contributed by atoms with E-state index in [0.29, 0.717) is 33.9 Å². The molecule has 4 rings (SSSR count). The first kappa shape index (κ1) is 30.0. The van der Waals surface area contributed by atoms with Crippen LogP contribution in [0.25, 0.3) is 22.3 Å². The number of Topliss-reactive ketones (excluding diaryl/α,β-unsaturated/α-hetero) is 1. The van der Waals surface area contributed by atoms with Crippen molar-refractivity contribution in [1.29, 1.82) is 0 Å². The average Bonchev–Trinajstić information content (AvgIpc) is 2.82. The second kappa shape index (κ2) is 12.8. The summed E-state index contributed by atoms with van der Waals surface area (Å²) in [5, 5.41) is 22.6. The number of phenolic OH excluding ortho intramolecular Hbond substituents is 1. The minimum Gasteiger partial charge on any atom is -0.504 e. The smallest absolute Gasteiger partial charge is 0.191 e. The molecule has 0 atom stereocenters. The summed E-state index contributed by atoms with van der Waals surface area (Å²) in [6, 6.07) is 6.16. The van der Waals surface area contributed by atoms with Crippen molar-refractivity contribution in [2.45, 2.75) is 31.7 Å². The van der Waals surface area contributed by atoms with E-state index < -0.39 is 24.0 Å². The molecule has 1 aliphatic rings. The summed E-state index contributed by atoms with van der Waals surface area (Å²) in [6.07, 6.45) is 5.51. The topological polar surface area (TPSA) is 98.6 Å². The summed E-state index contributed by atoms with van der Waals surface area (Å²) in [4.78, 5) is 23.8. The molecular formula is C25H30Cl3FN4O3. The van der Waals surface area contributed by atoms with Crippen molar-refractivity contribution in [1.82, 2.24) is 14.9 Å². The van der Waals surface area contributed by atoms with Crippen molar-refractivity contribution < 1.29 is 19.4 Å². The first-order chi connectivity index (χ1) is 16.3. The zero-order chi connectivity index (χ0) is 24.4. The Balaban J connectivity index is 0.00000228. The first-order valence-corrected chi connectivity index (χ1v) is 11.7. The molecule has 0 aliphatic heterocycles. The summed E-state index contributed by atoms with van der Waals surface area (Å²) in [5.74, 6) is -1.28. The standard InChI is InChI=1S/C25H28ClFN4O3.2ClH/c1-31(2)12-14-3-5-16(6-4-14)29-23-17(22(33)13-32)11-28-21-8-7-20(30-24(21)23)15-9-18(26)25(34)19(27)10-15;;/h7-11,14,16,32,34H,3-6,12-13H2,1-2H3,(H,28,29);2*1H. The van der Waals surface area contributed by atoms with Gasteiger partial charge in [0.05, 0.1) is 27.5 Å². The number of fused-ring (bicyclic) bond motifs is 1. The molecule has 2 aromatic heterocycles. The van der Waals surface area contributed by atoms with Gasteiger partial charge in [-0.05, 0) is 70.0 Å². The van der Waals surface area contributed by atoms with E-state index in [1.165, 1.54) is 12.3 Å². The van der Waals surface area contributed by atoms with Crippen LogP contribution in [0.15, 0.2) is 30.5 Å². The highest BCUT2D eigenvalue weighted by Gasteiger charge is 2.25. The molecule has 0 unspecified atom stereocenters. The summed E-state index contributed by atoms with van der Waals surface area (Å²) in [5.41, 5.74) is 2.61. The molecule has 0 amide bonds. The monoisotopic (exact) mass is 558 g/mol. The summed E-state index contributed by atoms with van der Waals surface area (Å²) in [6.45, 7) is 0.408. The zero-order valence-electron chi connectivity index (χ0n) is 20.0. The Labute approximate surface area is 226 Å². The van der Waals surface area contributed by atoms with Crippen LogP contribution in [-0.4, -0.2) is 64.2 Å². The minimum absolute atomic E-state index is 0. The Morgan fingerprint density at radius 2 is 1.89 bits per heavy atom. The molecule has 196 valence electrons. The Morgan fingerprint density at radius 3 is 2.50 bits per heavy atom. The van der Waals surface area contributed by atoms with E-state index in [9.17, 15) is 19.4 Å². The van der Waals surface area contributed by atoms with E-state index in [1.54, 1.807) is 12.1 Å². The lowest BCUT2D eigenvalue weighted by atomic mass is 9.85. The van der Waals surface area contributed by atoms with Crippen LogP contribution in [0.1, 0.15) is 36.0 Å². The fraction of sp³-hybridized carbons (Fsp3) is 0.400. The fourth-order valence-electron chi connectivity index (χ4n) is 4.59. The SMILES string of the molecule is CN(C)CC1CCC(Nc2c(C(=O)CO)cnc3ccc(-c4cc(F)c(O)c(Cl)c4)nc23)CC1.Cl.Cl. The number of aliphatic hydroxyl groups is 1. The number of anilines is 1. The molecule has 0 bridgehead atoms. The third kappa shape index (κ3) is 6.55. The van der Waals surface area contributed by atoms with Crippen LogP contribution in [-0.2, 0) is 0 Å². The molecule has 7 nitrogen and oxygen atoms in total. The normalized spacial score (nSPS) is 17.4. The first-order valence-electron chi connectivity index (χ1n) is 11.3. The summed E-state index contributed by atoms with van der Waals surface area (Å²) >= 11 is 5.96. The maximum atomic E-state index is 14.1. The van der Waals surface area contributed by atoms with Crippen LogP contribution < -0.4 is 5.32 Å². The molecule has 0 saturated heterocycles. The van der Waals surface area contributed by atoms with Gasteiger partial charge in [0.1, 0.15) is 12.1 Å². The summed E-state index contributed by atoms with van der Waals surface area (Å²) in [7, 11) is 4.16. The number of ketones is 1. The van der Waals surface area contributed by atoms with Crippen molar-refractivity contribution in [3.8, 4) is 17.0 Å². The molecule has 3 N–H and O–H groups in total. The Hall–Kier alpha value is -2.23. The molecule has 1 aromatic carbocycles. The number of nitrogens with zero attached hydrogens (tertiary/aromatic N) is 3. The largest absolute Gasteiger partial charge is 0.504 e. The van der Waals surface area contributed by atoms with Crippen molar-refractivity contribution in [2.24, 2.45) is 5.92 Å². The number of hydrogen-bond acceptors (Lipinski definition) is 7. The number of carbonyl (C=O) groups excluding carboxylic acids is 1. The number of nitrogens with one attached hydrogen (secondary N) is 1. The average molecular weight is 560 g/mol. The predicted octanol–water partition coefficient (Wildman–Crippen LogP) is 5.35. The summed E-state index contributed by atoms with van der Waals surface area (Å²) < 4.78 is 14.1. The Kier molecular flexibility index (Phi) is 10.7. The highest BCUT2D eigenvalue weighted by atomic mass is 35.5. The zero-order valence-corrected chi connectivity index (χ0v) is 22.4. The number of hydrogen-bond donors (Lipinski definition) is 3. The van der Waals surface area contributed by atoms with Gasteiger partial charge in [0.2, 0.25) is 0 Å². The van der Waals surface area contributed by atoms with Crippen LogP contribution in [0.4, 0.5) is 10.1 Å². The van der Waals surface area contributed by atoms with Gasteiger partial charge >= 0.3 is 0 Å². The van der Waals surface area contributed by atoms with E-state index in [-0.39, 0.29) is 41.4 Å². The number of rotatable bonds is 7. The lowest BCUT2D eigenvalue weighted by molar-refractivity contribution is 0.0904. The number of pyridine rings is 2. The molecular weight excluding hydrogens is 530 g/mol. The number of aromatic nitrogens is 2. The molecule has 0 spiro atoms. The Morgan fingerprint density at radius 1 is 1.19 bits per heavy atom. The van der Waals surface area contributed by atoms with E-state index >= 15 is 0 Å². The van der Waals surface area contributed by atoms with E-state index in [0.717, 1.165) is 38.3 Å². The van der Waals surface area contributed by atoms with Crippen molar-refractivity contribution >= 4 is 58.9 Å². The molecule has 11 heteroatoms. The van der Waals surface area contributed by atoms with Crippen LogP contribution in [0, 0.1) is 11.7 Å². The molecule has 1 aliphatic carbocycles. The maximum absolute atomic E-state index is 14.1. The molecule has 3 aromatic rings. The predicted molar refractivity (Wildman–Crippen MR) is 145 cm³/mol. The van der Waals surface area contributed by atoms with Crippen molar-refractivity contribution in [3.05, 3.63) is 46.9 Å². The number of halogens is 4. The number of carbonyl (C=O) groups is 1. The highest BCUT2D eigenvalue weighted by molar-refractivity contribution is 6.32. The van der Waals surface area contributed by atoms with Gasteiger partial charge in [-0.25, -0.2) is 9.37 Å². The van der Waals surface area contributed by atoms with Crippen LogP contribution in [0.2, 0.25) is 5.02 Å². The molecule has 0 radical (unpaired) electrons. The van der Waals surface area contributed by atoms with Gasteiger partial charge in [-0.2, -0.15) is 0 Å². The van der Waals surface area contributed by atoms with Gasteiger partial charge in [-0.1, -0.05) is 11.6 Å². The van der Waals surface area contributed by atoms with Crippen molar-refractivity contribution in [2.75, 3.05) is 32.6 Å². The minimum atomic E-state index is -0.848. The Bertz CT molecular complexity index is 1200. The lowest BCUT2D eigenvalue weighted by Crippen LogP contribution is -2.31. The lowest BCUT2D eigenvalue weighted by Gasteiger charge is -2.31. The van der Waals surface area contributed by atoms with E-state index in [2.05, 4.69) is 34.3 Å². The molecule has 2 heterocycles. The molecule has 1 fully saturated rings. The van der Waals surface area contributed by atoms with Crippen molar-refractivity contribution in [3.63, 3.8) is 0 Å². The third-order valence-electron chi connectivity index (χ3n) is 6.29. The van der Waals surface area contributed by atoms with Gasteiger partial charge in [-0.3, -0.25) is 9.78 Å². The molecule has 36 heavy (non-hydrogen) atoms.